The van der Waals surface area contributed by atoms with Crippen LogP contribution in [0.2, 0.25) is 0 Å². The van der Waals surface area contributed by atoms with Gasteiger partial charge >= 0.3 is 0 Å². The quantitative estimate of drug-likeness (QED) is 0.390. The van der Waals surface area contributed by atoms with Crippen molar-refractivity contribution >= 4 is 23.3 Å². The summed E-state index contributed by atoms with van der Waals surface area (Å²) < 4.78 is 6.05. The van der Waals surface area contributed by atoms with E-state index in [1.165, 1.54) is 36.5 Å². The van der Waals surface area contributed by atoms with Crippen LogP contribution in [0.15, 0.2) is 54.7 Å². The molecule has 2 aliphatic rings. The van der Waals surface area contributed by atoms with Gasteiger partial charge in [0.25, 0.3) is 0 Å². The summed E-state index contributed by atoms with van der Waals surface area (Å²) in [5, 5.41) is 9.11. The van der Waals surface area contributed by atoms with Crippen LogP contribution in [0.3, 0.4) is 0 Å². The first kappa shape index (κ1) is 25.0. The van der Waals surface area contributed by atoms with Gasteiger partial charge in [-0.05, 0) is 97.2 Å². The second-order valence-electron chi connectivity index (χ2n) is 10.5. The van der Waals surface area contributed by atoms with Crippen molar-refractivity contribution < 1.29 is 14.3 Å². The Bertz CT molecular complexity index is 1330. The van der Waals surface area contributed by atoms with Crippen LogP contribution >= 0.6 is 0 Å². The molecule has 1 fully saturated rings. The van der Waals surface area contributed by atoms with Gasteiger partial charge in [-0.2, -0.15) is 0 Å². The predicted octanol–water partition coefficient (Wildman–Crippen LogP) is 5.35. The molecule has 2 aliphatic carbocycles. The summed E-state index contributed by atoms with van der Waals surface area (Å²) >= 11 is 0. The maximum absolute atomic E-state index is 13.3. The number of carbonyl (C=O) groups is 2. The predicted molar refractivity (Wildman–Crippen MR) is 145 cm³/mol. The van der Waals surface area contributed by atoms with Crippen LogP contribution in [-0.4, -0.2) is 23.8 Å². The minimum absolute atomic E-state index is 0.0690. The van der Waals surface area contributed by atoms with Gasteiger partial charge in [0.05, 0.1) is 0 Å². The summed E-state index contributed by atoms with van der Waals surface area (Å²) in [5.41, 5.74) is 6.01. The fraction of sp³-hybridized carbons (Fsp3) is 0.367. The molecule has 7 heteroatoms. The summed E-state index contributed by atoms with van der Waals surface area (Å²) in [4.78, 5) is 28.8. The van der Waals surface area contributed by atoms with E-state index in [2.05, 4.69) is 52.1 Å². The number of benzene rings is 2. The standard InChI is InChI=1S/C30H34N4O3/c1-19(35)33-28-17-27(8-11-32-28)37-26-7-6-21-4-5-22(14-23(21)15-26)29(36)34-25-13-20(18-31-3)12-24(16-25)30(2)9-10-30/h6-8,11-13,15-17,22,31H,4-5,9-10,14,18H2,1-3H3,(H,34,36)(H,32,33,35). The number of amides is 2. The number of pyridine rings is 1. The number of nitrogens with one attached hydrogen (secondary N) is 3. The number of ether oxygens (including phenoxy) is 1. The number of aryl methyl sites for hydroxylation is 1. The Morgan fingerprint density at radius 3 is 2.59 bits per heavy atom. The largest absolute Gasteiger partial charge is 0.457 e. The molecule has 2 amide bonds. The van der Waals surface area contributed by atoms with Gasteiger partial charge < -0.3 is 20.7 Å². The molecule has 0 bridgehead atoms. The molecule has 1 aromatic heterocycles. The van der Waals surface area contributed by atoms with Gasteiger partial charge in [-0.3, -0.25) is 9.59 Å². The van der Waals surface area contributed by atoms with Crippen LogP contribution in [0.5, 0.6) is 11.5 Å². The number of anilines is 2. The zero-order chi connectivity index (χ0) is 26.0. The summed E-state index contributed by atoms with van der Waals surface area (Å²) in [5.74, 6) is 1.52. The molecule has 1 unspecified atom stereocenters. The molecular formula is C30H34N4O3. The molecule has 1 saturated carbocycles. The molecule has 0 radical (unpaired) electrons. The molecule has 0 saturated heterocycles. The molecule has 3 N–H and O–H groups in total. The lowest BCUT2D eigenvalue weighted by molar-refractivity contribution is -0.120. The Labute approximate surface area is 218 Å². The molecular weight excluding hydrogens is 464 g/mol. The number of nitrogens with zero attached hydrogens (tertiary/aromatic N) is 1. The van der Waals surface area contributed by atoms with E-state index in [0.29, 0.717) is 23.7 Å². The highest BCUT2D eigenvalue weighted by Crippen LogP contribution is 2.48. The molecule has 0 spiro atoms. The number of hydrogen-bond donors (Lipinski definition) is 3. The molecule has 7 nitrogen and oxygen atoms in total. The smallest absolute Gasteiger partial charge is 0.227 e. The SMILES string of the molecule is CNCc1cc(NC(=O)C2CCc3ccc(Oc4ccnc(NC(C)=O)c4)cc3C2)cc(C2(C)CC2)c1. The summed E-state index contributed by atoms with van der Waals surface area (Å²) in [6, 6.07) is 16.0. The van der Waals surface area contributed by atoms with E-state index in [-0.39, 0.29) is 23.1 Å². The van der Waals surface area contributed by atoms with Crippen molar-refractivity contribution in [3.05, 3.63) is 77.0 Å². The second kappa shape index (κ2) is 10.3. The van der Waals surface area contributed by atoms with Crippen molar-refractivity contribution in [2.24, 2.45) is 5.92 Å². The highest BCUT2D eigenvalue weighted by Gasteiger charge is 2.39. The number of aromatic nitrogens is 1. The molecule has 0 aliphatic heterocycles. The van der Waals surface area contributed by atoms with Crippen LogP contribution in [0.1, 0.15) is 55.4 Å². The van der Waals surface area contributed by atoms with Crippen LogP contribution in [-0.2, 0) is 34.4 Å². The van der Waals surface area contributed by atoms with Crippen molar-refractivity contribution in [3.8, 4) is 11.5 Å². The van der Waals surface area contributed by atoms with Gasteiger partial charge in [0.1, 0.15) is 17.3 Å². The van der Waals surface area contributed by atoms with E-state index in [4.69, 9.17) is 4.74 Å². The van der Waals surface area contributed by atoms with Crippen LogP contribution in [0.25, 0.3) is 0 Å². The number of carbonyl (C=O) groups excluding carboxylic acids is 2. The molecule has 5 rings (SSSR count). The van der Waals surface area contributed by atoms with Gasteiger partial charge in [-0.1, -0.05) is 19.1 Å². The first-order valence-electron chi connectivity index (χ1n) is 12.9. The lowest BCUT2D eigenvalue weighted by Crippen LogP contribution is -2.28. The third kappa shape index (κ3) is 6.00. The van der Waals surface area contributed by atoms with E-state index >= 15 is 0 Å². The second-order valence-corrected chi connectivity index (χ2v) is 10.5. The lowest BCUT2D eigenvalue weighted by atomic mass is 9.83. The van der Waals surface area contributed by atoms with Crippen LogP contribution in [0.4, 0.5) is 11.5 Å². The van der Waals surface area contributed by atoms with Gasteiger partial charge in [0.2, 0.25) is 11.8 Å². The third-order valence-corrected chi connectivity index (χ3v) is 7.39. The highest BCUT2D eigenvalue weighted by molar-refractivity contribution is 5.93. The third-order valence-electron chi connectivity index (χ3n) is 7.39. The molecule has 1 heterocycles. The monoisotopic (exact) mass is 498 g/mol. The average Bonchev–Trinajstić information content (AvgIpc) is 3.62. The van der Waals surface area contributed by atoms with Crippen LogP contribution < -0.4 is 20.7 Å². The van der Waals surface area contributed by atoms with Gasteiger partial charge in [-0.25, -0.2) is 4.98 Å². The first-order chi connectivity index (χ1) is 17.8. The lowest BCUT2D eigenvalue weighted by Gasteiger charge is -2.25. The summed E-state index contributed by atoms with van der Waals surface area (Å²) in [7, 11) is 1.94. The van der Waals surface area contributed by atoms with E-state index in [1.807, 2.05) is 19.2 Å². The highest BCUT2D eigenvalue weighted by atomic mass is 16.5. The Hall–Kier alpha value is -3.71. The van der Waals surface area contributed by atoms with Crippen molar-refractivity contribution in [1.82, 2.24) is 10.3 Å². The van der Waals surface area contributed by atoms with Crippen molar-refractivity contribution in [2.45, 2.75) is 57.9 Å². The minimum atomic E-state index is -0.186. The topological polar surface area (TPSA) is 92.3 Å². The van der Waals surface area contributed by atoms with Crippen molar-refractivity contribution in [2.75, 3.05) is 17.7 Å². The van der Waals surface area contributed by atoms with Gasteiger partial charge in [-0.15, -0.1) is 0 Å². The molecule has 1 atom stereocenters. The number of rotatable bonds is 8. The molecule has 2 aromatic carbocycles. The van der Waals surface area contributed by atoms with E-state index < -0.39 is 0 Å². The van der Waals surface area contributed by atoms with E-state index in [0.717, 1.165) is 30.6 Å². The Balaban J connectivity index is 1.28. The zero-order valence-corrected chi connectivity index (χ0v) is 21.7. The Morgan fingerprint density at radius 2 is 1.84 bits per heavy atom. The maximum Gasteiger partial charge on any atom is 0.227 e. The van der Waals surface area contributed by atoms with Gasteiger partial charge in [0.15, 0.2) is 0 Å². The summed E-state index contributed by atoms with van der Waals surface area (Å²) in [6.07, 6.45) is 6.35. The van der Waals surface area contributed by atoms with Gasteiger partial charge in [0, 0.05) is 37.3 Å². The van der Waals surface area contributed by atoms with Crippen molar-refractivity contribution in [3.63, 3.8) is 0 Å². The maximum atomic E-state index is 13.3. The fourth-order valence-electron chi connectivity index (χ4n) is 5.02. The fourth-order valence-corrected chi connectivity index (χ4v) is 5.02. The normalized spacial score (nSPS) is 17.4. The molecule has 3 aromatic rings. The number of fused-ring (bicyclic) bond motifs is 1. The van der Waals surface area contributed by atoms with E-state index in [9.17, 15) is 9.59 Å². The van der Waals surface area contributed by atoms with Crippen molar-refractivity contribution in [1.29, 1.82) is 0 Å². The van der Waals surface area contributed by atoms with E-state index in [1.54, 1.807) is 18.3 Å². The Morgan fingerprint density at radius 1 is 1.03 bits per heavy atom. The molecule has 192 valence electrons. The van der Waals surface area contributed by atoms with Crippen LogP contribution in [0, 0.1) is 5.92 Å². The summed E-state index contributed by atoms with van der Waals surface area (Å²) in [6.45, 7) is 4.51. The first-order valence-corrected chi connectivity index (χ1v) is 12.9. The molecule has 37 heavy (non-hydrogen) atoms. The average molecular weight is 499 g/mol. The minimum Gasteiger partial charge on any atom is -0.457 e. The number of hydrogen-bond acceptors (Lipinski definition) is 5. The Kier molecular flexibility index (Phi) is 6.98. The zero-order valence-electron chi connectivity index (χ0n) is 21.7.